The van der Waals surface area contributed by atoms with Crippen molar-refractivity contribution >= 4 is 11.0 Å². The SMILES string of the molecule is CN(C)CCc1coc2ccc(-c3cccc(CN)n3)cc12. The average molecular weight is 295 g/mol. The first-order chi connectivity index (χ1) is 10.7. The Kier molecular flexibility index (Phi) is 4.22. The number of nitrogens with two attached hydrogens (primary N) is 1. The Morgan fingerprint density at radius 3 is 2.82 bits per heavy atom. The maximum Gasteiger partial charge on any atom is 0.134 e. The minimum Gasteiger partial charge on any atom is -0.464 e. The fourth-order valence-electron chi connectivity index (χ4n) is 2.53. The van der Waals surface area contributed by atoms with Gasteiger partial charge in [-0.05, 0) is 56.4 Å². The van der Waals surface area contributed by atoms with Gasteiger partial charge in [-0.3, -0.25) is 4.98 Å². The van der Waals surface area contributed by atoms with Crippen LogP contribution in [0.25, 0.3) is 22.2 Å². The number of fused-ring (bicyclic) bond motifs is 1. The fraction of sp³-hybridized carbons (Fsp3) is 0.278. The van der Waals surface area contributed by atoms with Crippen LogP contribution in [-0.2, 0) is 13.0 Å². The largest absolute Gasteiger partial charge is 0.464 e. The molecule has 2 heterocycles. The van der Waals surface area contributed by atoms with Crippen LogP contribution < -0.4 is 5.73 Å². The van der Waals surface area contributed by atoms with E-state index in [1.165, 1.54) is 10.9 Å². The summed E-state index contributed by atoms with van der Waals surface area (Å²) >= 11 is 0. The first-order valence-corrected chi connectivity index (χ1v) is 7.48. The highest BCUT2D eigenvalue weighted by molar-refractivity contribution is 5.85. The van der Waals surface area contributed by atoms with E-state index >= 15 is 0 Å². The Bertz CT molecular complexity index is 777. The summed E-state index contributed by atoms with van der Waals surface area (Å²) in [5.74, 6) is 0. The zero-order valence-electron chi connectivity index (χ0n) is 13.0. The Morgan fingerprint density at radius 1 is 1.18 bits per heavy atom. The molecule has 0 atom stereocenters. The number of hydrogen-bond acceptors (Lipinski definition) is 4. The van der Waals surface area contributed by atoms with Crippen LogP contribution in [0.15, 0.2) is 47.1 Å². The number of nitrogens with zero attached hydrogens (tertiary/aromatic N) is 2. The zero-order chi connectivity index (χ0) is 15.5. The van der Waals surface area contributed by atoms with Crippen LogP contribution in [0.2, 0.25) is 0 Å². The van der Waals surface area contributed by atoms with Gasteiger partial charge in [-0.1, -0.05) is 6.07 Å². The van der Waals surface area contributed by atoms with Gasteiger partial charge in [0.15, 0.2) is 0 Å². The van der Waals surface area contributed by atoms with Gasteiger partial charge in [-0.2, -0.15) is 0 Å². The molecule has 0 aliphatic carbocycles. The molecule has 22 heavy (non-hydrogen) atoms. The molecule has 0 radical (unpaired) electrons. The van der Waals surface area contributed by atoms with Crippen molar-refractivity contribution in [1.82, 2.24) is 9.88 Å². The Labute approximate surface area is 130 Å². The first-order valence-electron chi connectivity index (χ1n) is 7.48. The van der Waals surface area contributed by atoms with E-state index in [0.29, 0.717) is 6.54 Å². The van der Waals surface area contributed by atoms with E-state index in [1.54, 1.807) is 0 Å². The molecule has 2 aromatic heterocycles. The third-order valence-corrected chi connectivity index (χ3v) is 3.79. The highest BCUT2D eigenvalue weighted by Crippen LogP contribution is 2.27. The monoisotopic (exact) mass is 295 g/mol. The van der Waals surface area contributed by atoms with Gasteiger partial charge in [0.2, 0.25) is 0 Å². The molecule has 0 unspecified atom stereocenters. The van der Waals surface area contributed by atoms with Gasteiger partial charge < -0.3 is 15.1 Å². The van der Waals surface area contributed by atoms with Crippen molar-refractivity contribution in [1.29, 1.82) is 0 Å². The second kappa shape index (κ2) is 6.30. The smallest absolute Gasteiger partial charge is 0.134 e. The molecule has 3 aromatic rings. The molecule has 3 rings (SSSR count). The minimum atomic E-state index is 0.454. The number of hydrogen-bond donors (Lipinski definition) is 1. The molecule has 0 fully saturated rings. The van der Waals surface area contributed by atoms with Crippen molar-refractivity contribution in [2.24, 2.45) is 5.73 Å². The highest BCUT2D eigenvalue weighted by Gasteiger charge is 2.09. The number of aromatic nitrogens is 1. The van der Waals surface area contributed by atoms with Gasteiger partial charge in [0, 0.05) is 24.0 Å². The molecule has 4 nitrogen and oxygen atoms in total. The number of benzene rings is 1. The summed E-state index contributed by atoms with van der Waals surface area (Å²) in [5.41, 5.74) is 10.8. The van der Waals surface area contributed by atoms with Crippen molar-refractivity contribution in [3.8, 4) is 11.3 Å². The Hall–Kier alpha value is -2.17. The Morgan fingerprint density at radius 2 is 2.05 bits per heavy atom. The molecule has 114 valence electrons. The lowest BCUT2D eigenvalue weighted by Gasteiger charge is -2.08. The summed E-state index contributed by atoms with van der Waals surface area (Å²) in [4.78, 5) is 6.77. The summed E-state index contributed by atoms with van der Waals surface area (Å²) in [5, 5.41) is 1.17. The molecule has 4 heteroatoms. The molecule has 0 saturated carbocycles. The fourth-order valence-corrected chi connectivity index (χ4v) is 2.53. The van der Waals surface area contributed by atoms with Crippen LogP contribution in [-0.4, -0.2) is 30.5 Å². The molecule has 1 aromatic carbocycles. The zero-order valence-corrected chi connectivity index (χ0v) is 13.0. The molecule has 2 N–H and O–H groups in total. The number of rotatable bonds is 5. The minimum absolute atomic E-state index is 0.454. The van der Waals surface area contributed by atoms with Gasteiger partial charge in [0.1, 0.15) is 5.58 Å². The third-order valence-electron chi connectivity index (χ3n) is 3.79. The molecule has 0 aliphatic rings. The topological polar surface area (TPSA) is 55.3 Å². The number of likely N-dealkylation sites (N-methyl/N-ethyl adjacent to an activating group) is 1. The highest BCUT2D eigenvalue weighted by atomic mass is 16.3. The first kappa shape index (κ1) is 14.8. The van der Waals surface area contributed by atoms with Gasteiger partial charge in [-0.15, -0.1) is 0 Å². The van der Waals surface area contributed by atoms with E-state index in [9.17, 15) is 0 Å². The van der Waals surface area contributed by atoms with E-state index in [0.717, 1.165) is 35.5 Å². The summed E-state index contributed by atoms with van der Waals surface area (Å²) in [6.07, 6.45) is 2.83. The lowest BCUT2D eigenvalue weighted by molar-refractivity contribution is 0.413. The van der Waals surface area contributed by atoms with Crippen LogP contribution in [0.5, 0.6) is 0 Å². The standard InChI is InChI=1S/C18H21N3O/c1-21(2)9-8-14-12-22-18-7-6-13(10-16(14)18)17-5-3-4-15(11-19)20-17/h3-7,10,12H,8-9,11,19H2,1-2H3. The van der Waals surface area contributed by atoms with Gasteiger partial charge in [-0.25, -0.2) is 0 Å². The van der Waals surface area contributed by atoms with E-state index in [1.807, 2.05) is 36.6 Å². The van der Waals surface area contributed by atoms with E-state index in [4.69, 9.17) is 10.2 Å². The lowest BCUT2D eigenvalue weighted by Crippen LogP contribution is -2.14. The molecule has 0 bridgehead atoms. The van der Waals surface area contributed by atoms with Crippen LogP contribution >= 0.6 is 0 Å². The Balaban J connectivity index is 1.98. The normalized spacial score (nSPS) is 11.5. The summed E-state index contributed by atoms with van der Waals surface area (Å²) in [6.45, 7) is 1.45. The predicted molar refractivity (Wildman–Crippen MR) is 89.6 cm³/mol. The van der Waals surface area contributed by atoms with Gasteiger partial charge in [0.25, 0.3) is 0 Å². The number of furan rings is 1. The second-order valence-electron chi connectivity index (χ2n) is 5.74. The lowest BCUT2D eigenvalue weighted by atomic mass is 10.0. The van der Waals surface area contributed by atoms with Crippen molar-refractivity contribution in [2.45, 2.75) is 13.0 Å². The second-order valence-corrected chi connectivity index (χ2v) is 5.74. The van der Waals surface area contributed by atoms with Crippen molar-refractivity contribution in [3.05, 3.63) is 53.9 Å². The predicted octanol–water partition coefficient (Wildman–Crippen LogP) is 3.06. The summed E-state index contributed by atoms with van der Waals surface area (Å²) < 4.78 is 5.66. The van der Waals surface area contributed by atoms with Crippen LogP contribution in [0, 0.1) is 0 Å². The summed E-state index contributed by atoms with van der Waals surface area (Å²) in [7, 11) is 4.16. The molecular weight excluding hydrogens is 274 g/mol. The molecule has 0 spiro atoms. The van der Waals surface area contributed by atoms with Crippen molar-refractivity contribution in [3.63, 3.8) is 0 Å². The molecular formula is C18H21N3O. The number of pyridine rings is 1. The van der Waals surface area contributed by atoms with Crippen LogP contribution in [0.1, 0.15) is 11.3 Å². The quantitative estimate of drug-likeness (QED) is 0.786. The van der Waals surface area contributed by atoms with Crippen LogP contribution in [0.3, 0.4) is 0 Å². The third kappa shape index (κ3) is 3.03. The van der Waals surface area contributed by atoms with E-state index in [2.05, 4.69) is 30.0 Å². The average Bonchev–Trinajstić information content (AvgIpc) is 2.95. The van der Waals surface area contributed by atoms with Gasteiger partial charge in [0.05, 0.1) is 17.7 Å². The summed E-state index contributed by atoms with van der Waals surface area (Å²) in [6, 6.07) is 12.2. The molecule has 0 saturated heterocycles. The van der Waals surface area contributed by atoms with Crippen molar-refractivity contribution < 1.29 is 4.42 Å². The molecule has 0 amide bonds. The molecule has 0 aliphatic heterocycles. The van der Waals surface area contributed by atoms with Crippen molar-refractivity contribution in [2.75, 3.05) is 20.6 Å². The maximum absolute atomic E-state index is 5.68. The van der Waals surface area contributed by atoms with Crippen LogP contribution in [0.4, 0.5) is 0 Å². The van der Waals surface area contributed by atoms with E-state index in [-0.39, 0.29) is 0 Å². The maximum atomic E-state index is 5.68. The van der Waals surface area contributed by atoms with E-state index < -0.39 is 0 Å². The van der Waals surface area contributed by atoms with Gasteiger partial charge >= 0.3 is 0 Å².